The number of likely N-dealkylation sites (tertiary alicyclic amines) is 1. The molecule has 1 atom stereocenters. The molecule has 1 amide bonds. The number of furan rings is 1. The predicted molar refractivity (Wildman–Crippen MR) is 76.8 cm³/mol. The van der Waals surface area contributed by atoms with Gasteiger partial charge in [0.05, 0.1) is 25.5 Å². The van der Waals surface area contributed by atoms with E-state index >= 15 is 0 Å². The third-order valence-corrected chi connectivity index (χ3v) is 3.54. The molecular weight excluding hydrogens is 286 g/mol. The third kappa shape index (κ3) is 3.03. The number of rotatable bonds is 4. The first kappa shape index (κ1) is 14.4. The Hall–Kier alpha value is -2.57. The van der Waals surface area contributed by atoms with E-state index in [9.17, 15) is 4.79 Å². The van der Waals surface area contributed by atoms with Gasteiger partial charge in [0.2, 0.25) is 0 Å². The summed E-state index contributed by atoms with van der Waals surface area (Å²) < 4.78 is 16.0. The van der Waals surface area contributed by atoms with Crippen molar-refractivity contribution in [3.63, 3.8) is 0 Å². The van der Waals surface area contributed by atoms with Crippen molar-refractivity contribution >= 4 is 5.91 Å². The van der Waals surface area contributed by atoms with E-state index in [1.807, 2.05) is 0 Å². The van der Waals surface area contributed by atoms with E-state index in [0.717, 1.165) is 12.8 Å². The van der Waals surface area contributed by atoms with Gasteiger partial charge in [-0.1, -0.05) is 0 Å². The SMILES string of the molecule is COc1nccnc1O[C@H]1CCCN(C(=O)c2ccoc2)C1. The van der Waals surface area contributed by atoms with E-state index in [1.165, 1.54) is 19.6 Å². The number of nitrogens with zero attached hydrogens (tertiary/aromatic N) is 3. The molecular formula is C15H17N3O4. The number of piperidine rings is 1. The minimum absolute atomic E-state index is 0.0480. The molecule has 0 saturated carbocycles. The maximum Gasteiger partial charge on any atom is 0.278 e. The van der Waals surface area contributed by atoms with Crippen molar-refractivity contribution in [2.45, 2.75) is 18.9 Å². The van der Waals surface area contributed by atoms with E-state index in [0.29, 0.717) is 30.4 Å². The minimum atomic E-state index is -0.129. The van der Waals surface area contributed by atoms with Crippen molar-refractivity contribution in [3.05, 3.63) is 36.5 Å². The summed E-state index contributed by atoms with van der Waals surface area (Å²) in [4.78, 5) is 22.3. The van der Waals surface area contributed by atoms with Crippen molar-refractivity contribution in [3.8, 4) is 11.8 Å². The quantitative estimate of drug-likeness (QED) is 0.856. The highest BCUT2D eigenvalue weighted by molar-refractivity contribution is 5.93. The zero-order valence-electron chi connectivity index (χ0n) is 12.3. The number of ether oxygens (including phenoxy) is 2. The normalized spacial score (nSPS) is 18.0. The molecule has 1 aliphatic rings. The first-order valence-electron chi connectivity index (χ1n) is 7.11. The fourth-order valence-corrected chi connectivity index (χ4v) is 2.48. The Morgan fingerprint density at radius 3 is 2.91 bits per heavy atom. The topological polar surface area (TPSA) is 77.7 Å². The van der Waals surface area contributed by atoms with Gasteiger partial charge in [0, 0.05) is 18.9 Å². The lowest BCUT2D eigenvalue weighted by Gasteiger charge is -2.32. The maximum atomic E-state index is 12.3. The van der Waals surface area contributed by atoms with Crippen LogP contribution in [0.4, 0.5) is 0 Å². The van der Waals surface area contributed by atoms with Gasteiger partial charge in [-0.2, -0.15) is 0 Å². The molecule has 2 aromatic rings. The largest absolute Gasteiger partial charge is 0.477 e. The second-order valence-corrected chi connectivity index (χ2v) is 5.02. The van der Waals surface area contributed by atoms with Crippen molar-refractivity contribution in [2.24, 2.45) is 0 Å². The van der Waals surface area contributed by atoms with Crippen LogP contribution >= 0.6 is 0 Å². The van der Waals surface area contributed by atoms with Gasteiger partial charge in [0.1, 0.15) is 12.4 Å². The first-order chi connectivity index (χ1) is 10.8. The molecule has 0 N–H and O–H groups in total. The Labute approximate surface area is 127 Å². The molecule has 1 fully saturated rings. The van der Waals surface area contributed by atoms with E-state index in [4.69, 9.17) is 13.9 Å². The van der Waals surface area contributed by atoms with Gasteiger partial charge in [-0.15, -0.1) is 0 Å². The Kier molecular flexibility index (Phi) is 4.22. The number of hydrogen-bond donors (Lipinski definition) is 0. The maximum absolute atomic E-state index is 12.3. The van der Waals surface area contributed by atoms with Crippen LogP contribution < -0.4 is 9.47 Å². The molecule has 0 bridgehead atoms. The van der Waals surface area contributed by atoms with Gasteiger partial charge < -0.3 is 18.8 Å². The molecule has 1 saturated heterocycles. The Balaban J connectivity index is 1.67. The fourth-order valence-electron chi connectivity index (χ4n) is 2.48. The first-order valence-corrected chi connectivity index (χ1v) is 7.11. The van der Waals surface area contributed by atoms with E-state index in [2.05, 4.69) is 9.97 Å². The van der Waals surface area contributed by atoms with Crippen LogP contribution in [-0.4, -0.2) is 47.1 Å². The molecule has 3 rings (SSSR count). The summed E-state index contributed by atoms with van der Waals surface area (Å²) in [6.45, 7) is 1.21. The summed E-state index contributed by atoms with van der Waals surface area (Å²) >= 11 is 0. The lowest BCUT2D eigenvalue weighted by molar-refractivity contribution is 0.0518. The van der Waals surface area contributed by atoms with E-state index in [-0.39, 0.29) is 12.0 Å². The van der Waals surface area contributed by atoms with Gasteiger partial charge in [-0.25, -0.2) is 9.97 Å². The van der Waals surface area contributed by atoms with Crippen molar-refractivity contribution < 1.29 is 18.7 Å². The highest BCUT2D eigenvalue weighted by atomic mass is 16.5. The Bertz CT molecular complexity index is 629. The van der Waals surface area contributed by atoms with Gasteiger partial charge >= 0.3 is 0 Å². The van der Waals surface area contributed by atoms with Crippen LogP contribution in [0.15, 0.2) is 35.4 Å². The highest BCUT2D eigenvalue weighted by Gasteiger charge is 2.27. The average Bonchev–Trinajstić information content (AvgIpc) is 3.09. The second kappa shape index (κ2) is 6.46. The number of hydrogen-bond acceptors (Lipinski definition) is 6. The minimum Gasteiger partial charge on any atom is -0.477 e. The molecule has 0 aromatic carbocycles. The van der Waals surface area contributed by atoms with Gasteiger partial charge in [0.15, 0.2) is 0 Å². The Morgan fingerprint density at radius 2 is 2.18 bits per heavy atom. The zero-order chi connectivity index (χ0) is 15.4. The number of carbonyl (C=O) groups excluding carboxylic acids is 1. The molecule has 0 unspecified atom stereocenters. The lowest BCUT2D eigenvalue weighted by atomic mass is 10.1. The van der Waals surface area contributed by atoms with Crippen LogP contribution in [0.2, 0.25) is 0 Å². The Morgan fingerprint density at radius 1 is 1.36 bits per heavy atom. The van der Waals surface area contributed by atoms with Gasteiger partial charge in [-0.3, -0.25) is 4.79 Å². The zero-order valence-corrected chi connectivity index (χ0v) is 12.3. The monoisotopic (exact) mass is 303 g/mol. The molecule has 0 spiro atoms. The van der Waals surface area contributed by atoms with Crippen LogP contribution in [0.3, 0.4) is 0 Å². The average molecular weight is 303 g/mol. The van der Waals surface area contributed by atoms with E-state index < -0.39 is 0 Å². The van der Waals surface area contributed by atoms with Crippen molar-refractivity contribution in [1.82, 2.24) is 14.9 Å². The summed E-state index contributed by atoms with van der Waals surface area (Å²) in [7, 11) is 1.52. The molecule has 0 aliphatic carbocycles. The molecule has 3 heterocycles. The van der Waals surface area contributed by atoms with Crippen molar-refractivity contribution in [2.75, 3.05) is 20.2 Å². The molecule has 1 aliphatic heterocycles. The molecule has 116 valence electrons. The smallest absolute Gasteiger partial charge is 0.278 e. The fraction of sp³-hybridized carbons (Fsp3) is 0.400. The standard InChI is InChI=1S/C15H17N3O4/c1-20-13-14(17-6-5-16-13)22-12-3-2-7-18(9-12)15(19)11-4-8-21-10-11/h4-6,8,10,12H,2-3,7,9H2,1H3/t12-/m0/s1. The van der Waals surface area contributed by atoms with Crippen LogP contribution in [0.5, 0.6) is 11.8 Å². The summed E-state index contributed by atoms with van der Waals surface area (Å²) in [5, 5.41) is 0. The second-order valence-electron chi connectivity index (χ2n) is 5.02. The van der Waals surface area contributed by atoms with Crippen LogP contribution in [0.1, 0.15) is 23.2 Å². The van der Waals surface area contributed by atoms with Crippen LogP contribution in [0, 0.1) is 0 Å². The molecule has 7 heteroatoms. The molecule has 0 radical (unpaired) electrons. The number of aromatic nitrogens is 2. The molecule has 2 aromatic heterocycles. The van der Waals surface area contributed by atoms with Gasteiger partial charge in [-0.05, 0) is 18.9 Å². The van der Waals surface area contributed by atoms with Crippen LogP contribution in [0.25, 0.3) is 0 Å². The van der Waals surface area contributed by atoms with E-state index in [1.54, 1.807) is 23.4 Å². The predicted octanol–water partition coefficient (Wildman–Crippen LogP) is 1.76. The number of carbonyl (C=O) groups is 1. The lowest BCUT2D eigenvalue weighted by Crippen LogP contribution is -2.44. The summed E-state index contributed by atoms with van der Waals surface area (Å²) in [5.41, 5.74) is 0.553. The van der Waals surface area contributed by atoms with Gasteiger partial charge in [0.25, 0.3) is 17.7 Å². The number of methoxy groups -OCH3 is 1. The van der Waals surface area contributed by atoms with Crippen LogP contribution in [-0.2, 0) is 0 Å². The molecule has 22 heavy (non-hydrogen) atoms. The summed E-state index contributed by atoms with van der Waals surface area (Å²) in [6.07, 6.45) is 7.64. The van der Waals surface area contributed by atoms with Crippen molar-refractivity contribution in [1.29, 1.82) is 0 Å². The molecule has 7 nitrogen and oxygen atoms in total. The summed E-state index contributed by atoms with van der Waals surface area (Å²) in [6, 6.07) is 1.67. The summed E-state index contributed by atoms with van der Waals surface area (Å²) in [5.74, 6) is 0.654. The number of amides is 1. The highest BCUT2D eigenvalue weighted by Crippen LogP contribution is 2.24. The third-order valence-electron chi connectivity index (χ3n) is 3.54.